The van der Waals surface area contributed by atoms with Gasteiger partial charge in [-0.05, 0) is 46.7 Å². The number of ether oxygens (including phenoxy) is 2. The average molecular weight is 258 g/mol. The molecule has 0 aromatic carbocycles. The summed E-state index contributed by atoms with van der Waals surface area (Å²) in [7, 11) is 0. The molecule has 1 rings (SSSR count). The molecule has 0 atom stereocenters. The van der Waals surface area contributed by atoms with Gasteiger partial charge in [0.1, 0.15) is 0 Å². The Kier molecular flexibility index (Phi) is 7.82. The highest BCUT2D eigenvalue weighted by Gasteiger charge is 2.10. The molecule has 0 aromatic rings. The number of hydrogen-bond donors (Lipinski definition) is 1. The first-order chi connectivity index (χ1) is 8.58. The Morgan fingerprint density at radius 3 is 2.17 bits per heavy atom. The van der Waals surface area contributed by atoms with E-state index in [1.54, 1.807) is 0 Å². The van der Waals surface area contributed by atoms with Crippen molar-refractivity contribution in [2.45, 2.75) is 39.2 Å². The molecule has 108 valence electrons. The Labute approximate surface area is 112 Å². The largest absolute Gasteiger partial charge is 0.378 e. The van der Waals surface area contributed by atoms with Gasteiger partial charge in [0, 0.05) is 18.6 Å². The summed E-state index contributed by atoms with van der Waals surface area (Å²) in [5.41, 5.74) is 0.176. The maximum absolute atomic E-state index is 5.56. The second-order valence-electron chi connectivity index (χ2n) is 5.95. The van der Waals surface area contributed by atoms with Crippen molar-refractivity contribution in [3.05, 3.63) is 0 Å². The molecule has 18 heavy (non-hydrogen) atoms. The quantitative estimate of drug-likeness (QED) is 0.636. The summed E-state index contributed by atoms with van der Waals surface area (Å²) in [4.78, 5) is 2.47. The van der Waals surface area contributed by atoms with Crippen LogP contribution in [-0.2, 0) is 9.47 Å². The van der Waals surface area contributed by atoms with Crippen LogP contribution in [0.25, 0.3) is 0 Å². The molecule has 1 heterocycles. The zero-order valence-corrected chi connectivity index (χ0v) is 12.3. The van der Waals surface area contributed by atoms with E-state index in [0.717, 1.165) is 26.3 Å². The maximum atomic E-state index is 5.56. The van der Waals surface area contributed by atoms with E-state index in [9.17, 15) is 0 Å². The van der Waals surface area contributed by atoms with Gasteiger partial charge in [-0.25, -0.2) is 0 Å². The minimum Gasteiger partial charge on any atom is -0.378 e. The van der Waals surface area contributed by atoms with Gasteiger partial charge in [-0.2, -0.15) is 0 Å². The van der Waals surface area contributed by atoms with Gasteiger partial charge in [0.05, 0.1) is 26.4 Å². The Morgan fingerprint density at radius 1 is 0.944 bits per heavy atom. The van der Waals surface area contributed by atoms with Crippen LogP contribution in [0.2, 0.25) is 0 Å². The first kappa shape index (κ1) is 15.9. The van der Waals surface area contributed by atoms with Gasteiger partial charge in [-0.1, -0.05) is 0 Å². The standard InChI is InChI=1S/C14H30N2O2/c1-14(2,3)15-6-10-17-12-13-18-11-9-16-7-4-5-8-16/h15H,4-13H2,1-3H3. The average Bonchev–Trinajstić information content (AvgIpc) is 2.78. The molecule has 0 bridgehead atoms. The van der Waals surface area contributed by atoms with Crippen LogP contribution in [0.1, 0.15) is 33.6 Å². The van der Waals surface area contributed by atoms with Crippen LogP contribution in [0.3, 0.4) is 0 Å². The van der Waals surface area contributed by atoms with E-state index in [0.29, 0.717) is 13.2 Å². The second-order valence-corrected chi connectivity index (χ2v) is 5.95. The minimum atomic E-state index is 0.176. The monoisotopic (exact) mass is 258 g/mol. The van der Waals surface area contributed by atoms with E-state index < -0.39 is 0 Å². The molecule has 0 saturated carbocycles. The molecule has 0 aliphatic carbocycles. The van der Waals surface area contributed by atoms with Crippen molar-refractivity contribution >= 4 is 0 Å². The lowest BCUT2D eigenvalue weighted by atomic mass is 10.1. The summed E-state index contributed by atoms with van der Waals surface area (Å²) < 4.78 is 11.1. The van der Waals surface area contributed by atoms with Crippen LogP contribution in [0.5, 0.6) is 0 Å². The van der Waals surface area contributed by atoms with Gasteiger partial charge < -0.3 is 19.7 Å². The van der Waals surface area contributed by atoms with Gasteiger partial charge in [0.25, 0.3) is 0 Å². The fourth-order valence-corrected chi connectivity index (χ4v) is 2.02. The fraction of sp³-hybridized carbons (Fsp3) is 1.00. The molecule has 1 aliphatic heterocycles. The molecule has 0 amide bonds. The first-order valence-corrected chi connectivity index (χ1v) is 7.21. The lowest BCUT2D eigenvalue weighted by Gasteiger charge is -2.20. The maximum Gasteiger partial charge on any atom is 0.0701 e. The van der Waals surface area contributed by atoms with Gasteiger partial charge in [0.15, 0.2) is 0 Å². The van der Waals surface area contributed by atoms with Crippen LogP contribution in [0, 0.1) is 0 Å². The smallest absolute Gasteiger partial charge is 0.0701 e. The summed E-state index contributed by atoms with van der Waals surface area (Å²) in [6.07, 6.45) is 2.70. The number of nitrogens with zero attached hydrogens (tertiary/aromatic N) is 1. The number of likely N-dealkylation sites (tertiary alicyclic amines) is 1. The predicted molar refractivity (Wildman–Crippen MR) is 75.1 cm³/mol. The lowest BCUT2D eigenvalue weighted by Crippen LogP contribution is -2.38. The predicted octanol–water partition coefficient (Wildman–Crippen LogP) is 1.50. The third kappa shape index (κ3) is 8.86. The summed E-state index contributed by atoms with van der Waals surface area (Å²) in [6, 6.07) is 0. The van der Waals surface area contributed by atoms with Crippen molar-refractivity contribution in [3.8, 4) is 0 Å². The molecule has 4 nitrogen and oxygen atoms in total. The van der Waals surface area contributed by atoms with Crippen LogP contribution in [0.4, 0.5) is 0 Å². The zero-order valence-electron chi connectivity index (χ0n) is 12.3. The van der Waals surface area contributed by atoms with E-state index in [1.807, 2.05) is 0 Å². The van der Waals surface area contributed by atoms with Crippen LogP contribution in [0.15, 0.2) is 0 Å². The molecule has 0 aromatic heterocycles. The van der Waals surface area contributed by atoms with Crippen molar-refractivity contribution in [3.63, 3.8) is 0 Å². The number of hydrogen-bond acceptors (Lipinski definition) is 4. The van der Waals surface area contributed by atoms with Crippen LogP contribution < -0.4 is 5.32 Å². The molecule has 0 spiro atoms. The second kappa shape index (κ2) is 8.86. The van der Waals surface area contributed by atoms with Gasteiger partial charge in [0.2, 0.25) is 0 Å². The zero-order chi connectivity index (χ0) is 13.3. The highest BCUT2D eigenvalue weighted by atomic mass is 16.5. The van der Waals surface area contributed by atoms with Crippen molar-refractivity contribution < 1.29 is 9.47 Å². The van der Waals surface area contributed by atoms with Crippen molar-refractivity contribution in [2.24, 2.45) is 0 Å². The summed E-state index contributed by atoms with van der Waals surface area (Å²) in [6.45, 7) is 14.0. The third-order valence-electron chi connectivity index (χ3n) is 3.02. The van der Waals surface area contributed by atoms with E-state index in [2.05, 4.69) is 31.0 Å². The third-order valence-corrected chi connectivity index (χ3v) is 3.02. The summed E-state index contributed by atoms with van der Waals surface area (Å²) >= 11 is 0. The number of rotatable bonds is 9. The summed E-state index contributed by atoms with van der Waals surface area (Å²) in [5, 5.41) is 3.39. The molecule has 1 fully saturated rings. The topological polar surface area (TPSA) is 33.7 Å². The highest BCUT2D eigenvalue weighted by molar-refractivity contribution is 4.69. The van der Waals surface area contributed by atoms with Crippen LogP contribution in [-0.4, -0.2) is 63.0 Å². The Morgan fingerprint density at radius 2 is 1.56 bits per heavy atom. The highest BCUT2D eigenvalue weighted by Crippen LogP contribution is 2.05. The fourth-order valence-electron chi connectivity index (χ4n) is 2.02. The van der Waals surface area contributed by atoms with Crippen molar-refractivity contribution in [1.82, 2.24) is 10.2 Å². The molecule has 0 radical (unpaired) electrons. The first-order valence-electron chi connectivity index (χ1n) is 7.21. The van der Waals surface area contributed by atoms with E-state index >= 15 is 0 Å². The number of nitrogens with one attached hydrogen (secondary N) is 1. The van der Waals surface area contributed by atoms with Gasteiger partial charge >= 0.3 is 0 Å². The Balaban J connectivity index is 1.76. The molecule has 4 heteroatoms. The lowest BCUT2D eigenvalue weighted by molar-refractivity contribution is 0.0405. The summed E-state index contributed by atoms with van der Waals surface area (Å²) in [5.74, 6) is 0. The van der Waals surface area contributed by atoms with Crippen molar-refractivity contribution in [2.75, 3.05) is 52.6 Å². The molecular weight excluding hydrogens is 228 g/mol. The Bertz CT molecular complexity index is 198. The van der Waals surface area contributed by atoms with E-state index in [1.165, 1.54) is 25.9 Å². The van der Waals surface area contributed by atoms with Crippen molar-refractivity contribution in [1.29, 1.82) is 0 Å². The minimum absolute atomic E-state index is 0.176. The molecule has 1 aliphatic rings. The molecule has 0 unspecified atom stereocenters. The van der Waals surface area contributed by atoms with E-state index in [4.69, 9.17) is 9.47 Å². The molecule has 1 saturated heterocycles. The van der Waals surface area contributed by atoms with Gasteiger partial charge in [-0.15, -0.1) is 0 Å². The molecular formula is C14H30N2O2. The molecule has 1 N–H and O–H groups in total. The van der Waals surface area contributed by atoms with Gasteiger partial charge in [-0.3, -0.25) is 0 Å². The normalized spacial score (nSPS) is 17.5. The Hall–Kier alpha value is -0.160. The SMILES string of the molecule is CC(C)(C)NCCOCCOCCN1CCCC1. The van der Waals surface area contributed by atoms with Crippen LogP contribution >= 0.6 is 0 Å². The van der Waals surface area contributed by atoms with E-state index in [-0.39, 0.29) is 5.54 Å².